The highest BCUT2D eigenvalue weighted by Crippen LogP contribution is 2.20. The van der Waals surface area contributed by atoms with Crippen LogP contribution in [-0.4, -0.2) is 54.0 Å². The van der Waals surface area contributed by atoms with Gasteiger partial charge in [0.2, 0.25) is 5.91 Å². The Labute approximate surface area is 208 Å². The van der Waals surface area contributed by atoms with Gasteiger partial charge in [0, 0.05) is 40.2 Å². The summed E-state index contributed by atoms with van der Waals surface area (Å²) < 4.78 is 0.868. The van der Waals surface area contributed by atoms with E-state index in [9.17, 15) is 9.59 Å². The number of carbonyl (C=O) groups excluding carboxylic acids is 2. The zero-order valence-corrected chi connectivity index (χ0v) is 20.9. The normalized spacial score (nSPS) is 15.1. The number of amides is 3. The van der Waals surface area contributed by atoms with E-state index in [4.69, 9.17) is 0 Å². The molecule has 34 heavy (non-hydrogen) atoms. The fourth-order valence-electron chi connectivity index (χ4n) is 4.44. The molecule has 2 aromatic carbocycles. The topological polar surface area (TPSA) is 89.3 Å². The molecule has 1 fully saturated rings. The highest BCUT2D eigenvalue weighted by atomic mass is 79.9. The van der Waals surface area contributed by atoms with Crippen LogP contribution in [-0.2, 0) is 11.2 Å². The molecule has 2 heterocycles. The van der Waals surface area contributed by atoms with Crippen LogP contribution < -0.4 is 16.0 Å². The third-order valence-electron chi connectivity index (χ3n) is 6.20. The van der Waals surface area contributed by atoms with Crippen LogP contribution >= 0.6 is 15.9 Å². The number of carbonyl (C=O) groups is 2. The Bertz CT molecular complexity index is 1110. The number of H-pyrrole nitrogens is 1. The van der Waals surface area contributed by atoms with Gasteiger partial charge >= 0.3 is 6.03 Å². The van der Waals surface area contributed by atoms with E-state index < -0.39 is 12.1 Å². The number of nitrogens with zero attached hydrogens (tertiary/aromatic N) is 1. The summed E-state index contributed by atoms with van der Waals surface area (Å²) in [6.07, 6.45) is 7.04. The fourth-order valence-corrected chi connectivity index (χ4v) is 4.84. The molecule has 0 spiro atoms. The first kappa shape index (κ1) is 24.3. The smallest absolute Gasteiger partial charge is 0.319 e. The van der Waals surface area contributed by atoms with E-state index in [-0.39, 0.29) is 5.91 Å². The molecule has 0 unspecified atom stereocenters. The molecule has 4 rings (SSSR count). The van der Waals surface area contributed by atoms with Gasteiger partial charge in [-0.15, -0.1) is 0 Å². The second-order valence-electron chi connectivity index (χ2n) is 8.77. The van der Waals surface area contributed by atoms with E-state index >= 15 is 0 Å². The number of hydrogen-bond acceptors (Lipinski definition) is 3. The predicted octanol–water partition coefficient (Wildman–Crippen LogP) is 4.66. The molecule has 3 amide bonds. The molecule has 7 nitrogen and oxygen atoms in total. The maximum atomic E-state index is 13.1. The number of halogens is 1. The number of para-hydroxylation sites is 1. The van der Waals surface area contributed by atoms with Crippen LogP contribution in [0.2, 0.25) is 0 Å². The number of aromatic amines is 1. The van der Waals surface area contributed by atoms with Crippen LogP contribution in [0.15, 0.2) is 59.2 Å². The lowest BCUT2D eigenvalue weighted by Crippen LogP contribution is -2.49. The van der Waals surface area contributed by atoms with E-state index in [1.54, 1.807) is 6.07 Å². The minimum atomic E-state index is -0.693. The van der Waals surface area contributed by atoms with Crippen LogP contribution in [0, 0.1) is 0 Å². The molecule has 3 aromatic rings. The molecule has 1 atom stereocenters. The molecular weight excluding hydrogens is 494 g/mol. The van der Waals surface area contributed by atoms with Crippen LogP contribution in [0.25, 0.3) is 10.9 Å². The van der Waals surface area contributed by atoms with E-state index in [1.807, 2.05) is 48.7 Å². The summed E-state index contributed by atoms with van der Waals surface area (Å²) >= 11 is 3.41. The maximum Gasteiger partial charge on any atom is 0.319 e. The molecule has 1 aliphatic rings. The van der Waals surface area contributed by atoms with Crippen molar-refractivity contribution in [3.8, 4) is 0 Å². The Hall–Kier alpha value is -2.84. The van der Waals surface area contributed by atoms with Crippen molar-refractivity contribution in [3.05, 3.63) is 64.8 Å². The molecule has 8 heteroatoms. The first-order valence-corrected chi connectivity index (χ1v) is 12.8. The van der Waals surface area contributed by atoms with Crippen molar-refractivity contribution in [2.75, 3.05) is 31.5 Å². The first-order chi connectivity index (χ1) is 16.6. The minimum Gasteiger partial charge on any atom is -0.361 e. The second kappa shape index (κ2) is 12.0. The largest absolute Gasteiger partial charge is 0.361 e. The highest BCUT2D eigenvalue weighted by Gasteiger charge is 2.23. The lowest BCUT2D eigenvalue weighted by Gasteiger charge is -2.26. The van der Waals surface area contributed by atoms with Crippen LogP contribution in [0.4, 0.5) is 10.5 Å². The summed E-state index contributed by atoms with van der Waals surface area (Å²) in [5.74, 6) is -0.173. The summed E-state index contributed by atoms with van der Waals surface area (Å²) in [4.78, 5) is 31.6. The van der Waals surface area contributed by atoms with Gasteiger partial charge in [-0.3, -0.25) is 4.79 Å². The summed E-state index contributed by atoms with van der Waals surface area (Å²) in [6.45, 7) is 3.88. The summed E-state index contributed by atoms with van der Waals surface area (Å²) in [6, 6.07) is 14.2. The molecule has 1 aliphatic heterocycles. The molecule has 180 valence electrons. The molecule has 0 aliphatic carbocycles. The molecule has 0 bridgehead atoms. The van der Waals surface area contributed by atoms with Crippen molar-refractivity contribution in [2.45, 2.75) is 38.1 Å². The number of nitrogens with one attached hydrogen (secondary N) is 4. The zero-order chi connectivity index (χ0) is 23.8. The number of aromatic nitrogens is 1. The van der Waals surface area contributed by atoms with Crippen molar-refractivity contribution in [1.29, 1.82) is 0 Å². The number of likely N-dealkylation sites (tertiary alicyclic amines) is 1. The molecule has 0 radical (unpaired) electrons. The van der Waals surface area contributed by atoms with E-state index in [0.29, 0.717) is 18.7 Å². The second-order valence-corrected chi connectivity index (χ2v) is 9.69. The Morgan fingerprint density at radius 1 is 1.06 bits per heavy atom. The fraction of sp³-hybridized carbons (Fsp3) is 0.385. The number of anilines is 1. The van der Waals surface area contributed by atoms with Crippen molar-refractivity contribution >= 4 is 44.5 Å². The van der Waals surface area contributed by atoms with Gasteiger partial charge in [-0.2, -0.15) is 0 Å². The molecule has 4 N–H and O–H groups in total. The molecule has 0 saturated carbocycles. The monoisotopic (exact) mass is 525 g/mol. The summed E-state index contributed by atoms with van der Waals surface area (Å²) in [5.41, 5.74) is 2.66. The Balaban J connectivity index is 1.38. The van der Waals surface area contributed by atoms with Crippen molar-refractivity contribution in [3.63, 3.8) is 0 Å². The van der Waals surface area contributed by atoms with Crippen LogP contribution in [0.5, 0.6) is 0 Å². The van der Waals surface area contributed by atoms with E-state index in [0.717, 1.165) is 47.0 Å². The number of piperidine rings is 1. The van der Waals surface area contributed by atoms with Gasteiger partial charge in [0.25, 0.3) is 0 Å². The van der Waals surface area contributed by atoms with Crippen molar-refractivity contribution in [1.82, 2.24) is 20.5 Å². The number of urea groups is 1. The van der Waals surface area contributed by atoms with Gasteiger partial charge in [-0.25, -0.2) is 4.79 Å². The average molecular weight is 526 g/mol. The quantitative estimate of drug-likeness (QED) is 0.306. The third kappa shape index (κ3) is 6.84. The Morgan fingerprint density at radius 3 is 2.71 bits per heavy atom. The van der Waals surface area contributed by atoms with Gasteiger partial charge in [-0.05, 0) is 68.7 Å². The maximum absolute atomic E-state index is 13.1. The SMILES string of the molecule is O=C(Nc1cccc(Br)c1)N[C@@H](Cc1c[nH]c2ccccc12)C(=O)NCCCN1CCCCC1. The van der Waals surface area contributed by atoms with Gasteiger partial charge in [0.1, 0.15) is 6.04 Å². The number of fused-ring (bicyclic) bond motifs is 1. The average Bonchev–Trinajstić information content (AvgIpc) is 3.25. The predicted molar refractivity (Wildman–Crippen MR) is 140 cm³/mol. The lowest BCUT2D eigenvalue weighted by atomic mass is 10.0. The van der Waals surface area contributed by atoms with Gasteiger partial charge in [0.05, 0.1) is 0 Å². The van der Waals surface area contributed by atoms with Gasteiger partial charge < -0.3 is 25.8 Å². The highest BCUT2D eigenvalue weighted by molar-refractivity contribution is 9.10. The van der Waals surface area contributed by atoms with Gasteiger partial charge in [-0.1, -0.05) is 46.6 Å². The zero-order valence-electron chi connectivity index (χ0n) is 19.3. The van der Waals surface area contributed by atoms with E-state index in [2.05, 4.69) is 41.8 Å². The number of hydrogen-bond donors (Lipinski definition) is 4. The minimum absolute atomic E-state index is 0.173. The summed E-state index contributed by atoms with van der Waals surface area (Å²) in [7, 11) is 0. The Kier molecular flexibility index (Phi) is 8.60. The number of rotatable bonds is 9. The van der Waals surface area contributed by atoms with Crippen molar-refractivity contribution < 1.29 is 9.59 Å². The third-order valence-corrected chi connectivity index (χ3v) is 6.70. The number of benzene rings is 2. The van der Waals surface area contributed by atoms with Crippen LogP contribution in [0.1, 0.15) is 31.2 Å². The van der Waals surface area contributed by atoms with Crippen molar-refractivity contribution in [2.24, 2.45) is 0 Å². The summed E-state index contributed by atoms with van der Waals surface area (Å²) in [5, 5.41) is 9.79. The standard InChI is InChI=1S/C26H32BrN5O2/c27-20-8-6-9-21(17-20)30-26(34)31-24(16-19-18-29-23-11-3-2-10-22(19)23)25(33)28-12-7-15-32-13-4-1-5-14-32/h2-3,6,8-11,17-18,24,29H,1,4-5,7,12-16H2,(H,28,33)(H2,30,31,34)/t24-/m0/s1. The first-order valence-electron chi connectivity index (χ1n) is 12.0. The molecule has 1 saturated heterocycles. The molecular formula is C26H32BrN5O2. The van der Waals surface area contributed by atoms with Crippen LogP contribution in [0.3, 0.4) is 0 Å². The Morgan fingerprint density at radius 2 is 1.88 bits per heavy atom. The van der Waals surface area contributed by atoms with Gasteiger partial charge in [0.15, 0.2) is 0 Å². The molecule has 1 aromatic heterocycles. The lowest BCUT2D eigenvalue weighted by molar-refractivity contribution is -0.122. The van der Waals surface area contributed by atoms with E-state index in [1.165, 1.54) is 19.3 Å².